The highest BCUT2D eigenvalue weighted by Crippen LogP contribution is 2.28. The number of benzene rings is 2. The third-order valence-corrected chi connectivity index (χ3v) is 4.48. The van der Waals surface area contributed by atoms with E-state index in [0.717, 1.165) is 39.7 Å². The minimum atomic E-state index is -0.136. The van der Waals surface area contributed by atoms with Crippen molar-refractivity contribution < 1.29 is 13.6 Å². The third kappa shape index (κ3) is 2.70. The standard InChI is InChI=1S/C21H19NO3/c1-3-17-16(15-9-5-7-11-19(15)24-17)13-22(2)21(23)20-12-14-8-4-6-10-18(14)25-20/h4-12H,3,13H2,1-2H3. The molecule has 0 radical (unpaired) electrons. The maximum absolute atomic E-state index is 12.8. The van der Waals surface area contributed by atoms with Gasteiger partial charge in [0.05, 0.1) is 0 Å². The van der Waals surface area contributed by atoms with Crippen LogP contribution in [0.2, 0.25) is 0 Å². The number of hydrogen-bond donors (Lipinski definition) is 0. The molecule has 0 aliphatic carbocycles. The topological polar surface area (TPSA) is 46.6 Å². The van der Waals surface area contributed by atoms with Crippen molar-refractivity contribution in [2.75, 3.05) is 7.05 Å². The van der Waals surface area contributed by atoms with Gasteiger partial charge in [0.1, 0.15) is 16.9 Å². The molecule has 0 N–H and O–H groups in total. The van der Waals surface area contributed by atoms with Crippen LogP contribution in [-0.4, -0.2) is 17.9 Å². The van der Waals surface area contributed by atoms with Crippen molar-refractivity contribution in [2.45, 2.75) is 19.9 Å². The molecule has 0 saturated heterocycles. The van der Waals surface area contributed by atoms with Crippen molar-refractivity contribution in [3.8, 4) is 0 Å². The lowest BCUT2D eigenvalue weighted by Crippen LogP contribution is -2.26. The normalized spacial score (nSPS) is 11.3. The van der Waals surface area contributed by atoms with E-state index in [1.54, 1.807) is 18.0 Å². The first-order valence-electron chi connectivity index (χ1n) is 8.40. The summed E-state index contributed by atoms with van der Waals surface area (Å²) in [6.07, 6.45) is 0.788. The minimum absolute atomic E-state index is 0.136. The Morgan fingerprint density at radius 1 is 1.00 bits per heavy atom. The number of carbonyl (C=O) groups is 1. The molecule has 0 unspecified atom stereocenters. The molecule has 0 spiro atoms. The number of para-hydroxylation sites is 2. The molecule has 0 atom stereocenters. The second-order valence-corrected chi connectivity index (χ2v) is 6.16. The highest BCUT2D eigenvalue weighted by atomic mass is 16.3. The van der Waals surface area contributed by atoms with Crippen LogP contribution in [0.1, 0.15) is 28.8 Å². The number of carbonyl (C=O) groups excluding carboxylic acids is 1. The molecule has 126 valence electrons. The summed E-state index contributed by atoms with van der Waals surface area (Å²) in [5.41, 5.74) is 2.64. The van der Waals surface area contributed by atoms with Crippen LogP contribution in [0.15, 0.2) is 63.4 Å². The van der Waals surface area contributed by atoms with Gasteiger partial charge in [-0.2, -0.15) is 0 Å². The highest BCUT2D eigenvalue weighted by molar-refractivity contribution is 5.96. The largest absolute Gasteiger partial charge is 0.461 e. The molecule has 0 aliphatic heterocycles. The number of amides is 1. The Bertz CT molecular complexity index is 1020. The summed E-state index contributed by atoms with van der Waals surface area (Å²) in [6.45, 7) is 2.54. The molecule has 0 bridgehead atoms. The molecule has 4 aromatic rings. The molecule has 4 heteroatoms. The molecule has 2 aromatic carbocycles. The number of nitrogens with zero attached hydrogens (tertiary/aromatic N) is 1. The molecular formula is C21H19NO3. The Balaban J connectivity index is 1.65. The second kappa shape index (κ2) is 6.13. The average molecular weight is 333 g/mol. The van der Waals surface area contributed by atoms with Crippen molar-refractivity contribution in [2.24, 2.45) is 0 Å². The van der Waals surface area contributed by atoms with Gasteiger partial charge < -0.3 is 13.7 Å². The van der Waals surface area contributed by atoms with Gasteiger partial charge >= 0.3 is 0 Å². The molecule has 0 saturated carbocycles. The van der Waals surface area contributed by atoms with Crippen LogP contribution < -0.4 is 0 Å². The number of aryl methyl sites for hydroxylation is 1. The zero-order chi connectivity index (χ0) is 17.4. The predicted octanol–water partition coefficient (Wildman–Crippen LogP) is 5.01. The summed E-state index contributed by atoms with van der Waals surface area (Å²) in [6, 6.07) is 17.4. The maximum atomic E-state index is 12.8. The summed E-state index contributed by atoms with van der Waals surface area (Å²) in [5.74, 6) is 1.14. The molecular weight excluding hydrogens is 314 g/mol. The molecule has 4 rings (SSSR count). The fraction of sp³-hybridized carbons (Fsp3) is 0.190. The predicted molar refractivity (Wildman–Crippen MR) is 97.6 cm³/mol. The van der Waals surface area contributed by atoms with Gasteiger partial charge in [0.25, 0.3) is 5.91 Å². The van der Waals surface area contributed by atoms with Gasteiger partial charge in [0.2, 0.25) is 0 Å². The van der Waals surface area contributed by atoms with Crippen LogP contribution in [0, 0.1) is 0 Å². The van der Waals surface area contributed by atoms with Crippen molar-refractivity contribution in [1.29, 1.82) is 0 Å². The van der Waals surface area contributed by atoms with E-state index in [1.807, 2.05) is 48.5 Å². The van der Waals surface area contributed by atoms with E-state index in [2.05, 4.69) is 6.92 Å². The Labute approximate surface area is 145 Å². The lowest BCUT2D eigenvalue weighted by atomic mass is 10.1. The average Bonchev–Trinajstić information content (AvgIpc) is 3.22. The summed E-state index contributed by atoms with van der Waals surface area (Å²) < 4.78 is 11.6. The summed E-state index contributed by atoms with van der Waals surface area (Å²) in [4.78, 5) is 14.5. The van der Waals surface area contributed by atoms with Crippen molar-refractivity contribution >= 4 is 27.8 Å². The van der Waals surface area contributed by atoms with E-state index in [-0.39, 0.29) is 5.91 Å². The van der Waals surface area contributed by atoms with Gasteiger partial charge in [0, 0.05) is 36.3 Å². The third-order valence-electron chi connectivity index (χ3n) is 4.48. The Morgan fingerprint density at radius 2 is 1.72 bits per heavy atom. The highest BCUT2D eigenvalue weighted by Gasteiger charge is 2.20. The van der Waals surface area contributed by atoms with E-state index < -0.39 is 0 Å². The molecule has 25 heavy (non-hydrogen) atoms. The Hall–Kier alpha value is -3.01. The number of furan rings is 2. The molecule has 0 fully saturated rings. The van der Waals surface area contributed by atoms with Gasteiger partial charge in [-0.3, -0.25) is 4.79 Å². The summed E-state index contributed by atoms with van der Waals surface area (Å²) in [7, 11) is 1.79. The first-order valence-corrected chi connectivity index (χ1v) is 8.40. The molecule has 1 amide bonds. The summed E-state index contributed by atoms with van der Waals surface area (Å²) >= 11 is 0. The molecule has 4 nitrogen and oxygen atoms in total. The lowest BCUT2D eigenvalue weighted by molar-refractivity contribution is 0.0756. The quantitative estimate of drug-likeness (QED) is 0.527. The number of hydrogen-bond acceptors (Lipinski definition) is 3. The van der Waals surface area contributed by atoms with Crippen LogP contribution in [0.25, 0.3) is 21.9 Å². The zero-order valence-electron chi connectivity index (χ0n) is 14.3. The van der Waals surface area contributed by atoms with E-state index in [1.165, 1.54) is 0 Å². The van der Waals surface area contributed by atoms with Crippen molar-refractivity contribution in [3.63, 3.8) is 0 Å². The van der Waals surface area contributed by atoms with Crippen LogP contribution in [0.4, 0.5) is 0 Å². The summed E-state index contributed by atoms with van der Waals surface area (Å²) in [5, 5.41) is 1.99. The Kier molecular flexibility index (Phi) is 3.80. The van der Waals surface area contributed by atoms with Crippen LogP contribution in [0.3, 0.4) is 0 Å². The molecule has 0 aliphatic rings. The number of fused-ring (bicyclic) bond motifs is 2. The smallest absolute Gasteiger partial charge is 0.289 e. The maximum Gasteiger partial charge on any atom is 0.289 e. The van der Waals surface area contributed by atoms with Gasteiger partial charge in [-0.15, -0.1) is 0 Å². The zero-order valence-corrected chi connectivity index (χ0v) is 14.3. The van der Waals surface area contributed by atoms with Crippen molar-refractivity contribution in [1.82, 2.24) is 4.90 Å². The Morgan fingerprint density at radius 3 is 2.48 bits per heavy atom. The fourth-order valence-corrected chi connectivity index (χ4v) is 3.19. The van der Waals surface area contributed by atoms with E-state index >= 15 is 0 Å². The first kappa shape index (κ1) is 15.5. The van der Waals surface area contributed by atoms with Crippen LogP contribution >= 0.6 is 0 Å². The van der Waals surface area contributed by atoms with Gasteiger partial charge in [-0.1, -0.05) is 43.3 Å². The van der Waals surface area contributed by atoms with E-state index in [0.29, 0.717) is 12.3 Å². The van der Waals surface area contributed by atoms with E-state index in [9.17, 15) is 4.79 Å². The fourth-order valence-electron chi connectivity index (χ4n) is 3.19. The van der Waals surface area contributed by atoms with Crippen molar-refractivity contribution in [3.05, 3.63) is 71.7 Å². The van der Waals surface area contributed by atoms with Crippen LogP contribution in [0.5, 0.6) is 0 Å². The van der Waals surface area contributed by atoms with Gasteiger partial charge in [-0.25, -0.2) is 0 Å². The lowest BCUT2D eigenvalue weighted by Gasteiger charge is -2.15. The monoisotopic (exact) mass is 333 g/mol. The minimum Gasteiger partial charge on any atom is -0.461 e. The first-order chi connectivity index (χ1) is 12.2. The SMILES string of the molecule is CCc1oc2ccccc2c1CN(C)C(=O)c1cc2ccccc2o1. The molecule has 2 aromatic heterocycles. The molecule has 2 heterocycles. The number of rotatable bonds is 4. The van der Waals surface area contributed by atoms with Gasteiger partial charge in [-0.05, 0) is 18.2 Å². The van der Waals surface area contributed by atoms with Crippen LogP contribution in [-0.2, 0) is 13.0 Å². The van der Waals surface area contributed by atoms with E-state index in [4.69, 9.17) is 8.83 Å². The second-order valence-electron chi connectivity index (χ2n) is 6.16. The van der Waals surface area contributed by atoms with Gasteiger partial charge in [0.15, 0.2) is 5.76 Å².